The first-order chi connectivity index (χ1) is 30.5. The first kappa shape index (κ1) is 59.7. The molecular weight excluding hydrogens is 825 g/mol. The highest BCUT2D eigenvalue weighted by molar-refractivity contribution is 7.85. The van der Waals surface area contributed by atoms with E-state index in [0.29, 0.717) is 12.8 Å². The van der Waals surface area contributed by atoms with E-state index < -0.39 is 71.2 Å². The third kappa shape index (κ3) is 35.5. The largest absolute Gasteiger partial charge is 0.462 e. The van der Waals surface area contributed by atoms with Crippen LogP contribution >= 0.6 is 0 Å². The van der Waals surface area contributed by atoms with Gasteiger partial charge >= 0.3 is 11.9 Å². The van der Waals surface area contributed by atoms with Crippen LogP contribution in [-0.4, -0.2) is 96.0 Å². The summed E-state index contributed by atoms with van der Waals surface area (Å²) in [6.45, 7) is 3.81. The lowest BCUT2D eigenvalue weighted by molar-refractivity contribution is -0.297. The molecule has 0 amide bonds. The number of unbranched alkanes of at least 4 members (excludes halogenated alkanes) is 33. The fourth-order valence-corrected chi connectivity index (χ4v) is 9.08. The van der Waals surface area contributed by atoms with Crippen LogP contribution < -0.4 is 0 Å². The van der Waals surface area contributed by atoms with E-state index in [1.54, 1.807) is 0 Å². The summed E-state index contributed by atoms with van der Waals surface area (Å²) >= 11 is 0. The third-order valence-electron chi connectivity index (χ3n) is 12.4. The summed E-state index contributed by atoms with van der Waals surface area (Å²) in [5.41, 5.74) is 0. The normalized spacial score (nSPS) is 19.6. The molecule has 0 aromatic heterocycles. The van der Waals surface area contributed by atoms with Crippen molar-refractivity contribution in [2.24, 2.45) is 0 Å². The summed E-state index contributed by atoms with van der Waals surface area (Å²) in [4.78, 5) is 25.5. The van der Waals surface area contributed by atoms with Gasteiger partial charge in [-0.05, 0) is 12.8 Å². The maximum absolute atomic E-state index is 12.9. The van der Waals surface area contributed by atoms with Gasteiger partial charge in [0.2, 0.25) is 0 Å². The number of aliphatic hydroxyl groups excluding tert-OH is 3. The second-order valence-electron chi connectivity index (χ2n) is 18.6. The Morgan fingerprint density at radius 2 is 0.810 bits per heavy atom. The van der Waals surface area contributed by atoms with Crippen molar-refractivity contribution < 1.29 is 56.8 Å². The zero-order chi connectivity index (χ0) is 46.2. The predicted molar refractivity (Wildman–Crippen MR) is 252 cm³/mol. The average molecular weight is 921 g/mol. The number of rotatable bonds is 45. The summed E-state index contributed by atoms with van der Waals surface area (Å²) in [6, 6.07) is 0. The minimum atomic E-state index is -4.60. The van der Waals surface area contributed by atoms with Crippen LogP contribution in [0.5, 0.6) is 0 Å². The average Bonchev–Trinajstić information content (AvgIpc) is 3.25. The number of carbonyl (C=O) groups is 2. The van der Waals surface area contributed by atoms with Crippen LogP contribution in [0.4, 0.5) is 0 Å². The number of carbonyl (C=O) groups excluding carboxylic acids is 2. The molecule has 1 aliphatic heterocycles. The topological polar surface area (TPSA) is 186 Å². The van der Waals surface area contributed by atoms with Gasteiger partial charge in [0.1, 0.15) is 36.8 Å². The number of ether oxygens (including phenoxy) is 4. The van der Waals surface area contributed by atoms with Gasteiger partial charge in [0.25, 0.3) is 10.1 Å². The Hall–Kier alpha value is -1.35. The Bertz CT molecular complexity index is 1170. The molecule has 0 saturated carbocycles. The van der Waals surface area contributed by atoms with Crippen LogP contribution in [0.2, 0.25) is 0 Å². The van der Waals surface area contributed by atoms with Crippen molar-refractivity contribution in [2.45, 2.75) is 288 Å². The van der Waals surface area contributed by atoms with E-state index in [0.717, 1.165) is 38.5 Å². The highest BCUT2D eigenvalue weighted by atomic mass is 32.2. The van der Waals surface area contributed by atoms with Crippen LogP contribution in [0.15, 0.2) is 0 Å². The molecule has 0 aliphatic carbocycles. The second-order valence-corrected chi connectivity index (χ2v) is 20.1. The summed E-state index contributed by atoms with van der Waals surface area (Å²) in [5, 5.41) is 31.0. The Kier molecular flexibility index (Phi) is 38.7. The molecule has 374 valence electrons. The van der Waals surface area contributed by atoms with Crippen molar-refractivity contribution in [1.29, 1.82) is 0 Å². The molecule has 6 atom stereocenters. The maximum Gasteiger partial charge on any atom is 0.306 e. The van der Waals surface area contributed by atoms with Gasteiger partial charge in [0.15, 0.2) is 12.4 Å². The summed E-state index contributed by atoms with van der Waals surface area (Å²) in [6.07, 6.45) is 34.2. The molecule has 1 saturated heterocycles. The van der Waals surface area contributed by atoms with Gasteiger partial charge in [-0.15, -0.1) is 0 Å². The van der Waals surface area contributed by atoms with Gasteiger partial charge in [-0.2, -0.15) is 8.42 Å². The van der Waals surface area contributed by atoms with E-state index in [-0.39, 0.29) is 19.4 Å². The quantitative estimate of drug-likeness (QED) is 0.0258. The molecule has 4 N–H and O–H groups in total. The van der Waals surface area contributed by atoms with Crippen molar-refractivity contribution in [2.75, 3.05) is 19.0 Å². The number of hydrogen-bond donors (Lipinski definition) is 4. The maximum atomic E-state index is 12.9. The number of aliphatic hydroxyl groups is 3. The standard InChI is InChI=1S/C50H96O12S/c1-3-5-7-9-11-13-15-17-19-21-23-24-26-28-30-32-34-36-38-45(51)59-40-43(41-60-50-49(55)48(54)47(53)44(62-50)42-63(56,57)58)61-46(52)39-37-35-33-31-29-27-25-22-20-18-16-14-12-10-8-6-4-2/h43-44,47-50,53-55H,3-42H2,1-2H3,(H,56,57,58)/t43-,44-,47-,48?,49?,50+/m1/s1. The number of esters is 2. The van der Waals surface area contributed by atoms with Gasteiger partial charge in [-0.1, -0.05) is 226 Å². The highest BCUT2D eigenvalue weighted by Gasteiger charge is 2.46. The monoisotopic (exact) mass is 921 g/mol. The van der Waals surface area contributed by atoms with E-state index in [4.69, 9.17) is 18.9 Å². The highest BCUT2D eigenvalue weighted by Crippen LogP contribution is 2.24. The van der Waals surface area contributed by atoms with Crippen molar-refractivity contribution in [3.05, 3.63) is 0 Å². The molecule has 0 bridgehead atoms. The summed E-state index contributed by atoms with van der Waals surface area (Å²) in [7, 11) is -4.60. The van der Waals surface area contributed by atoms with E-state index in [1.807, 2.05) is 0 Å². The molecule has 12 nitrogen and oxygen atoms in total. The fourth-order valence-electron chi connectivity index (χ4n) is 8.39. The molecule has 1 rings (SSSR count). The molecule has 0 aromatic rings. The molecular formula is C50H96O12S. The van der Waals surface area contributed by atoms with E-state index in [2.05, 4.69) is 13.8 Å². The van der Waals surface area contributed by atoms with Gasteiger partial charge in [-0.3, -0.25) is 14.1 Å². The Labute approximate surface area is 384 Å². The summed E-state index contributed by atoms with van der Waals surface area (Å²) < 4.78 is 54.3. The molecule has 0 spiro atoms. The lowest BCUT2D eigenvalue weighted by Crippen LogP contribution is -2.60. The smallest absolute Gasteiger partial charge is 0.306 e. The molecule has 1 heterocycles. The zero-order valence-electron chi connectivity index (χ0n) is 40.2. The van der Waals surface area contributed by atoms with E-state index in [9.17, 15) is 37.9 Å². The Morgan fingerprint density at radius 3 is 1.16 bits per heavy atom. The van der Waals surface area contributed by atoms with Crippen LogP contribution in [0, 0.1) is 0 Å². The minimum Gasteiger partial charge on any atom is -0.462 e. The van der Waals surface area contributed by atoms with Crippen molar-refractivity contribution in [1.82, 2.24) is 0 Å². The van der Waals surface area contributed by atoms with E-state index in [1.165, 1.54) is 173 Å². The minimum absolute atomic E-state index is 0.173. The van der Waals surface area contributed by atoms with Gasteiger partial charge in [-0.25, -0.2) is 0 Å². The first-order valence-corrected chi connectivity index (χ1v) is 27.7. The summed E-state index contributed by atoms with van der Waals surface area (Å²) in [5.74, 6) is -1.96. The number of hydrogen-bond acceptors (Lipinski definition) is 11. The Morgan fingerprint density at radius 1 is 0.476 bits per heavy atom. The van der Waals surface area contributed by atoms with Gasteiger partial charge in [0, 0.05) is 12.8 Å². The SMILES string of the molecule is CCCCCCCCCCCCCCCCCCCCC(=O)OC[C@H](CO[C@H]1O[C@H](CS(=O)(=O)O)[C@@H](O)C(O)C1O)OC(=O)CCCCCCCCCCCCCCCCCCC. The molecule has 63 heavy (non-hydrogen) atoms. The van der Waals surface area contributed by atoms with Crippen LogP contribution in [0.1, 0.15) is 251 Å². The molecule has 0 aromatic carbocycles. The molecule has 2 unspecified atom stereocenters. The van der Waals surface area contributed by atoms with Crippen molar-refractivity contribution in [3.8, 4) is 0 Å². The molecule has 13 heteroatoms. The zero-order valence-corrected chi connectivity index (χ0v) is 41.0. The lowest BCUT2D eigenvalue weighted by Gasteiger charge is -2.40. The third-order valence-corrected chi connectivity index (χ3v) is 13.2. The van der Waals surface area contributed by atoms with Crippen molar-refractivity contribution in [3.63, 3.8) is 0 Å². The molecule has 0 radical (unpaired) electrons. The van der Waals surface area contributed by atoms with Crippen molar-refractivity contribution >= 4 is 22.1 Å². The lowest BCUT2D eigenvalue weighted by atomic mass is 10.00. The fraction of sp³-hybridized carbons (Fsp3) is 0.960. The Balaban J connectivity index is 2.35. The van der Waals surface area contributed by atoms with Crippen LogP contribution in [-0.2, 0) is 38.7 Å². The second kappa shape index (κ2) is 40.9. The molecule has 1 aliphatic rings. The van der Waals surface area contributed by atoms with Gasteiger partial charge in [0.05, 0.1) is 6.61 Å². The molecule has 1 fully saturated rings. The first-order valence-electron chi connectivity index (χ1n) is 26.1. The van der Waals surface area contributed by atoms with E-state index >= 15 is 0 Å². The van der Waals surface area contributed by atoms with Crippen LogP contribution in [0.25, 0.3) is 0 Å². The van der Waals surface area contributed by atoms with Crippen LogP contribution in [0.3, 0.4) is 0 Å². The van der Waals surface area contributed by atoms with Gasteiger partial charge < -0.3 is 34.3 Å². The predicted octanol–water partition coefficient (Wildman–Crippen LogP) is 11.6.